The Labute approximate surface area is 112 Å². The van der Waals surface area contributed by atoms with E-state index in [9.17, 15) is 0 Å². The minimum atomic E-state index is 0.299. The van der Waals surface area contributed by atoms with Crippen LogP contribution in [0, 0.1) is 11.8 Å². The zero-order chi connectivity index (χ0) is 13.0. The number of likely N-dealkylation sites (tertiary alicyclic amines) is 1. The maximum absolute atomic E-state index is 6.18. The largest absolute Gasteiger partial charge is 0.384 e. The molecule has 2 aliphatic rings. The summed E-state index contributed by atoms with van der Waals surface area (Å²) in [6, 6.07) is 0. The molecule has 1 saturated heterocycles. The number of rotatable bonds is 4. The lowest BCUT2D eigenvalue weighted by molar-refractivity contribution is 0.0888. The Balaban J connectivity index is 1.99. The summed E-state index contributed by atoms with van der Waals surface area (Å²) in [6.07, 6.45) is 7.96. The smallest absolute Gasteiger partial charge is 0.0503 e. The first kappa shape index (κ1) is 14.3. The minimum Gasteiger partial charge on any atom is -0.384 e. The highest BCUT2D eigenvalue weighted by Gasteiger charge is 2.40. The molecule has 2 N–H and O–H groups in total. The topological polar surface area (TPSA) is 38.5 Å². The van der Waals surface area contributed by atoms with Crippen molar-refractivity contribution in [1.82, 2.24) is 4.90 Å². The van der Waals surface area contributed by atoms with Gasteiger partial charge in [-0.2, -0.15) is 0 Å². The Hall–Kier alpha value is -0.120. The molecule has 1 aliphatic carbocycles. The zero-order valence-corrected chi connectivity index (χ0v) is 12.2. The Morgan fingerprint density at radius 2 is 2.11 bits per heavy atom. The number of hydrogen-bond donors (Lipinski definition) is 1. The molecule has 0 aromatic rings. The van der Waals surface area contributed by atoms with Gasteiger partial charge in [-0.15, -0.1) is 0 Å². The fraction of sp³-hybridized carbons (Fsp3) is 1.00. The molecule has 18 heavy (non-hydrogen) atoms. The molecule has 2 rings (SSSR count). The van der Waals surface area contributed by atoms with Gasteiger partial charge in [0.05, 0.1) is 6.61 Å². The van der Waals surface area contributed by atoms with Crippen molar-refractivity contribution in [1.29, 1.82) is 0 Å². The van der Waals surface area contributed by atoms with Crippen LogP contribution in [0.1, 0.15) is 45.4 Å². The van der Waals surface area contributed by atoms with Crippen LogP contribution < -0.4 is 5.73 Å². The molecule has 0 amide bonds. The first-order valence-corrected chi connectivity index (χ1v) is 7.64. The summed E-state index contributed by atoms with van der Waals surface area (Å²) in [4.78, 5) is 2.69. The lowest BCUT2D eigenvalue weighted by atomic mass is 9.88. The van der Waals surface area contributed by atoms with Gasteiger partial charge in [0.2, 0.25) is 0 Å². The summed E-state index contributed by atoms with van der Waals surface area (Å²) in [5.41, 5.74) is 6.48. The van der Waals surface area contributed by atoms with E-state index < -0.39 is 0 Å². The van der Waals surface area contributed by atoms with E-state index in [1.54, 1.807) is 0 Å². The lowest BCUT2D eigenvalue weighted by Gasteiger charge is -2.41. The van der Waals surface area contributed by atoms with Crippen LogP contribution in [0.2, 0.25) is 0 Å². The van der Waals surface area contributed by atoms with Gasteiger partial charge in [-0.1, -0.05) is 19.8 Å². The van der Waals surface area contributed by atoms with Crippen molar-refractivity contribution in [2.75, 3.05) is 33.4 Å². The van der Waals surface area contributed by atoms with E-state index in [1.807, 2.05) is 7.11 Å². The Morgan fingerprint density at radius 1 is 1.28 bits per heavy atom. The van der Waals surface area contributed by atoms with E-state index >= 15 is 0 Å². The van der Waals surface area contributed by atoms with Crippen molar-refractivity contribution in [3.05, 3.63) is 0 Å². The number of hydrogen-bond acceptors (Lipinski definition) is 3. The molecule has 3 heteroatoms. The van der Waals surface area contributed by atoms with Crippen LogP contribution in [0.4, 0.5) is 0 Å². The van der Waals surface area contributed by atoms with E-state index in [4.69, 9.17) is 10.5 Å². The Morgan fingerprint density at radius 3 is 2.83 bits per heavy atom. The number of nitrogens with zero attached hydrogens (tertiary/aromatic N) is 1. The third-order valence-electron chi connectivity index (χ3n) is 5.18. The average Bonchev–Trinajstić information content (AvgIpc) is 2.75. The second-order valence-electron chi connectivity index (χ2n) is 6.52. The van der Waals surface area contributed by atoms with E-state index in [-0.39, 0.29) is 0 Å². The molecule has 0 bridgehead atoms. The standard InChI is InChI=1S/C15H30N2O/c1-13-4-3-7-15(12-16,8-5-13)17-9-6-14(10-17)11-18-2/h13-14H,3-12,16H2,1-2H3. The van der Waals surface area contributed by atoms with E-state index in [1.165, 1.54) is 51.6 Å². The van der Waals surface area contributed by atoms with Crippen LogP contribution in [0.3, 0.4) is 0 Å². The summed E-state index contributed by atoms with van der Waals surface area (Å²) >= 11 is 0. The van der Waals surface area contributed by atoms with Crippen LogP contribution in [0.25, 0.3) is 0 Å². The van der Waals surface area contributed by atoms with Crippen LogP contribution in [-0.4, -0.2) is 43.8 Å². The van der Waals surface area contributed by atoms with Gasteiger partial charge in [0, 0.05) is 25.7 Å². The summed E-state index contributed by atoms with van der Waals surface area (Å²) in [5, 5.41) is 0. The highest BCUT2D eigenvalue weighted by atomic mass is 16.5. The molecule has 0 spiro atoms. The highest BCUT2D eigenvalue weighted by Crippen LogP contribution is 2.37. The fourth-order valence-corrected chi connectivity index (χ4v) is 3.85. The molecule has 1 heterocycles. The van der Waals surface area contributed by atoms with E-state index in [2.05, 4.69) is 11.8 Å². The lowest BCUT2D eigenvalue weighted by Crippen LogP contribution is -2.52. The van der Waals surface area contributed by atoms with Gasteiger partial charge in [-0.05, 0) is 44.1 Å². The number of ether oxygens (including phenoxy) is 1. The fourth-order valence-electron chi connectivity index (χ4n) is 3.85. The van der Waals surface area contributed by atoms with E-state index in [0.717, 1.165) is 25.0 Å². The summed E-state index contributed by atoms with van der Waals surface area (Å²) in [5.74, 6) is 1.61. The maximum atomic E-state index is 6.18. The molecule has 0 radical (unpaired) electrons. The number of methoxy groups -OCH3 is 1. The first-order valence-electron chi connectivity index (χ1n) is 7.64. The van der Waals surface area contributed by atoms with Crippen LogP contribution in [-0.2, 0) is 4.74 Å². The molecule has 3 unspecified atom stereocenters. The predicted molar refractivity (Wildman–Crippen MR) is 75.6 cm³/mol. The SMILES string of the molecule is COCC1CCN(C2(CN)CCCC(C)CC2)C1. The Kier molecular flexibility index (Phi) is 5.05. The molecule has 0 aromatic carbocycles. The monoisotopic (exact) mass is 254 g/mol. The van der Waals surface area contributed by atoms with Gasteiger partial charge < -0.3 is 10.5 Å². The molecule has 3 atom stereocenters. The molecule has 2 fully saturated rings. The normalized spacial score (nSPS) is 38.8. The third-order valence-corrected chi connectivity index (χ3v) is 5.18. The molecule has 1 aliphatic heterocycles. The van der Waals surface area contributed by atoms with Crippen molar-refractivity contribution >= 4 is 0 Å². The van der Waals surface area contributed by atoms with Gasteiger partial charge in [-0.3, -0.25) is 4.90 Å². The molecular weight excluding hydrogens is 224 g/mol. The van der Waals surface area contributed by atoms with Crippen LogP contribution in [0.15, 0.2) is 0 Å². The first-order chi connectivity index (χ1) is 8.70. The quantitative estimate of drug-likeness (QED) is 0.782. The summed E-state index contributed by atoms with van der Waals surface area (Å²) in [6.45, 7) is 6.55. The van der Waals surface area contributed by atoms with E-state index in [0.29, 0.717) is 5.54 Å². The maximum Gasteiger partial charge on any atom is 0.0503 e. The van der Waals surface area contributed by atoms with Crippen molar-refractivity contribution < 1.29 is 4.74 Å². The van der Waals surface area contributed by atoms with Crippen molar-refractivity contribution in [3.8, 4) is 0 Å². The van der Waals surface area contributed by atoms with Gasteiger partial charge in [0.15, 0.2) is 0 Å². The van der Waals surface area contributed by atoms with Gasteiger partial charge in [0.1, 0.15) is 0 Å². The molecule has 3 nitrogen and oxygen atoms in total. The molecular formula is C15H30N2O. The van der Waals surface area contributed by atoms with Gasteiger partial charge >= 0.3 is 0 Å². The van der Waals surface area contributed by atoms with Crippen molar-refractivity contribution in [2.45, 2.75) is 51.0 Å². The van der Waals surface area contributed by atoms with Gasteiger partial charge in [0.25, 0.3) is 0 Å². The minimum absolute atomic E-state index is 0.299. The van der Waals surface area contributed by atoms with Crippen molar-refractivity contribution in [3.63, 3.8) is 0 Å². The van der Waals surface area contributed by atoms with Crippen LogP contribution in [0.5, 0.6) is 0 Å². The van der Waals surface area contributed by atoms with Gasteiger partial charge in [-0.25, -0.2) is 0 Å². The summed E-state index contributed by atoms with van der Waals surface area (Å²) in [7, 11) is 1.81. The zero-order valence-electron chi connectivity index (χ0n) is 12.2. The second-order valence-corrected chi connectivity index (χ2v) is 6.52. The van der Waals surface area contributed by atoms with Crippen molar-refractivity contribution in [2.24, 2.45) is 17.6 Å². The number of nitrogens with two attached hydrogens (primary N) is 1. The predicted octanol–water partition coefficient (Wildman–Crippen LogP) is 2.25. The Bertz CT molecular complexity index is 259. The summed E-state index contributed by atoms with van der Waals surface area (Å²) < 4.78 is 5.31. The second kappa shape index (κ2) is 6.36. The average molecular weight is 254 g/mol. The molecule has 0 aromatic heterocycles. The molecule has 1 saturated carbocycles. The van der Waals surface area contributed by atoms with Crippen LogP contribution >= 0.6 is 0 Å². The highest BCUT2D eigenvalue weighted by molar-refractivity contribution is 4.97. The third kappa shape index (κ3) is 3.06. The molecule has 106 valence electrons.